The average molecular weight is 261 g/mol. The van der Waals surface area contributed by atoms with Crippen LogP contribution in [-0.2, 0) is 9.53 Å². The maximum atomic E-state index is 11.6. The molecule has 2 unspecified atom stereocenters. The van der Waals surface area contributed by atoms with Gasteiger partial charge in [-0.3, -0.25) is 4.99 Å². The number of carbonyl (C=O) groups excluding carboxylic acids is 1. The molecule has 0 spiro atoms. The Morgan fingerprint density at radius 1 is 1.16 bits per heavy atom. The molecule has 19 heavy (non-hydrogen) atoms. The summed E-state index contributed by atoms with van der Waals surface area (Å²) in [4.78, 5) is 16.0. The first kappa shape index (κ1) is 15.4. The lowest BCUT2D eigenvalue weighted by Crippen LogP contribution is -2.41. The van der Waals surface area contributed by atoms with Gasteiger partial charge in [0.1, 0.15) is 12.1 Å². The second-order valence-electron chi connectivity index (χ2n) is 4.66. The largest absolute Gasteiger partial charge is 0.454 e. The minimum Gasteiger partial charge on any atom is -0.454 e. The van der Waals surface area contributed by atoms with E-state index in [0.717, 1.165) is 11.3 Å². The van der Waals surface area contributed by atoms with E-state index in [1.54, 1.807) is 6.92 Å². The normalized spacial score (nSPS) is 22.2. The van der Waals surface area contributed by atoms with Crippen molar-refractivity contribution in [3.05, 3.63) is 35.9 Å². The summed E-state index contributed by atoms with van der Waals surface area (Å²) in [6.07, 6.45) is -0.235. The highest BCUT2D eigenvalue weighted by Crippen LogP contribution is 2.21. The van der Waals surface area contributed by atoms with Crippen LogP contribution in [0, 0.1) is 5.92 Å². The Hall–Kier alpha value is -1.64. The molecule has 1 aliphatic heterocycles. The van der Waals surface area contributed by atoms with Crippen LogP contribution in [0.5, 0.6) is 0 Å². The van der Waals surface area contributed by atoms with Gasteiger partial charge in [0.15, 0.2) is 0 Å². The summed E-state index contributed by atoms with van der Waals surface area (Å²) in [6, 6.07) is 9.50. The molecule has 104 valence electrons. The van der Waals surface area contributed by atoms with Gasteiger partial charge in [0.2, 0.25) is 0 Å². The van der Waals surface area contributed by atoms with Crippen molar-refractivity contribution >= 4 is 11.7 Å². The van der Waals surface area contributed by atoms with Crippen LogP contribution < -0.4 is 0 Å². The second-order valence-corrected chi connectivity index (χ2v) is 4.66. The van der Waals surface area contributed by atoms with Gasteiger partial charge in [-0.25, -0.2) is 4.79 Å². The van der Waals surface area contributed by atoms with E-state index in [4.69, 9.17) is 4.74 Å². The molecule has 1 heterocycles. The van der Waals surface area contributed by atoms with Crippen LogP contribution in [0.1, 0.15) is 40.2 Å². The van der Waals surface area contributed by atoms with Gasteiger partial charge in [-0.1, -0.05) is 58.0 Å². The second kappa shape index (κ2) is 7.07. The molecular formula is C16H23NO2. The molecule has 3 nitrogen and oxygen atoms in total. The first-order chi connectivity index (χ1) is 9.09. The van der Waals surface area contributed by atoms with E-state index in [2.05, 4.69) is 4.99 Å². The Bertz CT molecular complexity index is 437. The number of aliphatic imine (C=N–C) groups is 1. The molecule has 0 aromatic heterocycles. The maximum Gasteiger partial charge on any atom is 0.331 e. The molecule has 0 amide bonds. The summed E-state index contributed by atoms with van der Waals surface area (Å²) in [5, 5.41) is 0. The summed E-state index contributed by atoms with van der Waals surface area (Å²) in [6.45, 7) is 9.83. The molecule has 1 aliphatic rings. The van der Waals surface area contributed by atoms with Crippen LogP contribution in [0.4, 0.5) is 0 Å². The van der Waals surface area contributed by atoms with E-state index in [9.17, 15) is 4.79 Å². The highest BCUT2D eigenvalue weighted by Gasteiger charge is 2.32. The van der Waals surface area contributed by atoms with Gasteiger partial charge in [-0.15, -0.1) is 0 Å². The van der Waals surface area contributed by atoms with Crippen molar-refractivity contribution in [2.75, 3.05) is 0 Å². The standard InChI is InChI=1S/C14H17NO2.C2H6/c1-9(2)13-12(11-7-5-4-6-8-11)15-10(3)14(16)17-13;1-2/h4-10,13H,1-3H3;1-2H3. The van der Waals surface area contributed by atoms with Gasteiger partial charge in [-0.2, -0.15) is 0 Å². The monoisotopic (exact) mass is 261 g/mol. The van der Waals surface area contributed by atoms with Crippen LogP contribution in [0.2, 0.25) is 0 Å². The number of rotatable bonds is 2. The number of ether oxygens (including phenoxy) is 1. The molecular weight excluding hydrogens is 238 g/mol. The average Bonchev–Trinajstić information content (AvgIpc) is 2.44. The molecule has 2 atom stereocenters. The van der Waals surface area contributed by atoms with E-state index >= 15 is 0 Å². The quantitative estimate of drug-likeness (QED) is 0.765. The first-order valence-corrected chi connectivity index (χ1v) is 6.93. The van der Waals surface area contributed by atoms with Crippen LogP contribution in [-0.4, -0.2) is 23.8 Å². The van der Waals surface area contributed by atoms with E-state index in [1.165, 1.54) is 0 Å². The Morgan fingerprint density at radius 2 is 1.74 bits per heavy atom. The summed E-state index contributed by atoms with van der Waals surface area (Å²) in [5.74, 6) is -0.00575. The zero-order chi connectivity index (χ0) is 14.4. The first-order valence-electron chi connectivity index (χ1n) is 6.93. The van der Waals surface area contributed by atoms with Crippen molar-refractivity contribution in [1.29, 1.82) is 0 Å². The van der Waals surface area contributed by atoms with E-state index in [0.29, 0.717) is 0 Å². The zero-order valence-corrected chi connectivity index (χ0v) is 12.4. The molecule has 1 aromatic rings. The third-order valence-corrected chi connectivity index (χ3v) is 2.86. The van der Waals surface area contributed by atoms with Gasteiger partial charge in [0.25, 0.3) is 0 Å². The Labute approximate surface area is 115 Å². The van der Waals surface area contributed by atoms with Crippen LogP contribution in [0.15, 0.2) is 35.3 Å². The van der Waals surface area contributed by atoms with Gasteiger partial charge in [-0.05, 0) is 18.4 Å². The fourth-order valence-corrected chi connectivity index (χ4v) is 1.91. The topological polar surface area (TPSA) is 38.7 Å². The smallest absolute Gasteiger partial charge is 0.331 e. The Balaban J connectivity index is 0.000000861. The number of benzene rings is 1. The number of esters is 1. The molecule has 0 bridgehead atoms. The van der Waals surface area contributed by atoms with Crippen molar-refractivity contribution < 1.29 is 9.53 Å². The number of carbonyl (C=O) groups is 1. The number of hydrogen-bond donors (Lipinski definition) is 0. The predicted octanol–water partition coefficient (Wildman–Crippen LogP) is 3.47. The number of nitrogens with zero attached hydrogens (tertiary/aromatic N) is 1. The van der Waals surface area contributed by atoms with Gasteiger partial charge < -0.3 is 4.74 Å². The lowest BCUT2D eigenvalue weighted by atomic mass is 9.95. The van der Waals surface area contributed by atoms with E-state index < -0.39 is 6.04 Å². The third-order valence-electron chi connectivity index (χ3n) is 2.86. The van der Waals surface area contributed by atoms with Crippen molar-refractivity contribution in [2.24, 2.45) is 10.9 Å². The molecule has 0 N–H and O–H groups in total. The molecule has 2 rings (SSSR count). The lowest BCUT2D eigenvalue weighted by molar-refractivity contribution is -0.149. The lowest BCUT2D eigenvalue weighted by Gasteiger charge is -2.29. The van der Waals surface area contributed by atoms with Gasteiger partial charge in [0.05, 0.1) is 5.71 Å². The van der Waals surface area contributed by atoms with Crippen LogP contribution in [0.25, 0.3) is 0 Å². The van der Waals surface area contributed by atoms with Crippen LogP contribution in [0.3, 0.4) is 0 Å². The van der Waals surface area contributed by atoms with E-state index in [1.807, 2.05) is 58.0 Å². The Morgan fingerprint density at radius 3 is 2.26 bits per heavy atom. The molecule has 0 saturated heterocycles. The zero-order valence-electron chi connectivity index (χ0n) is 12.4. The number of cyclic esters (lactones) is 1. The third kappa shape index (κ3) is 3.66. The maximum absolute atomic E-state index is 11.6. The SMILES string of the molecule is CC.CC1N=C(c2ccccc2)C(C(C)C)OC1=O. The molecule has 1 aromatic carbocycles. The van der Waals surface area contributed by atoms with Crippen LogP contribution >= 0.6 is 0 Å². The number of hydrogen-bond acceptors (Lipinski definition) is 3. The minimum absolute atomic E-state index is 0.227. The molecule has 0 aliphatic carbocycles. The highest BCUT2D eigenvalue weighted by molar-refractivity contribution is 6.07. The summed E-state index contributed by atoms with van der Waals surface area (Å²) >= 11 is 0. The summed E-state index contributed by atoms with van der Waals surface area (Å²) in [7, 11) is 0. The van der Waals surface area contributed by atoms with Crippen molar-refractivity contribution in [1.82, 2.24) is 0 Å². The summed E-state index contributed by atoms with van der Waals surface area (Å²) in [5.41, 5.74) is 1.92. The van der Waals surface area contributed by atoms with Crippen molar-refractivity contribution in [3.8, 4) is 0 Å². The molecule has 0 fully saturated rings. The fourth-order valence-electron chi connectivity index (χ4n) is 1.91. The molecule has 0 radical (unpaired) electrons. The van der Waals surface area contributed by atoms with Crippen molar-refractivity contribution in [3.63, 3.8) is 0 Å². The minimum atomic E-state index is -0.403. The van der Waals surface area contributed by atoms with E-state index in [-0.39, 0.29) is 18.0 Å². The summed E-state index contributed by atoms with van der Waals surface area (Å²) < 4.78 is 5.46. The predicted molar refractivity (Wildman–Crippen MR) is 78.5 cm³/mol. The molecule has 3 heteroatoms. The fraction of sp³-hybridized carbons (Fsp3) is 0.500. The van der Waals surface area contributed by atoms with Gasteiger partial charge in [0, 0.05) is 0 Å². The molecule has 0 saturated carbocycles. The van der Waals surface area contributed by atoms with Crippen molar-refractivity contribution in [2.45, 2.75) is 46.8 Å². The van der Waals surface area contributed by atoms with Gasteiger partial charge >= 0.3 is 5.97 Å². The Kier molecular flexibility index (Phi) is 5.74. The highest BCUT2D eigenvalue weighted by atomic mass is 16.5.